The van der Waals surface area contributed by atoms with Gasteiger partial charge in [0.2, 0.25) is 0 Å². The Kier molecular flexibility index (Phi) is 4.38. The molecule has 0 spiro atoms. The SMILES string of the molecule is CCCNC1COCC1C(=O)c1cncc(F)c1. The highest BCUT2D eigenvalue weighted by Crippen LogP contribution is 2.19. The molecule has 1 saturated heterocycles. The fourth-order valence-corrected chi connectivity index (χ4v) is 2.10. The topological polar surface area (TPSA) is 51.2 Å². The first kappa shape index (κ1) is 13.1. The van der Waals surface area contributed by atoms with E-state index in [-0.39, 0.29) is 17.7 Å². The van der Waals surface area contributed by atoms with Crippen molar-refractivity contribution in [1.82, 2.24) is 10.3 Å². The molecule has 98 valence electrons. The van der Waals surface area contributed by atoms with Gasteiger partial charge in [0.15, 0.2) is 5.78 Å². The van der Waals surface area contributed by atoms with Crippen molar-refractivity contribution >= 4 is 5.78 Å². The van der Waals surface area contributed by atoms with Crippen molar-refractivity contribution in [3.63, 3.8) is 0 Å². The number of nitrogens with one attached hydrogen (secondary N) is 1. The fraction of sp³-hybridized carbons (Fsp3) is 0.538. The second kappa shape index (κ2) is 6.02. The maximum atomic E-state index is 13.1. The number of hydrogen-bond donors (Lipinski definition) is 1. The quantitative estimate of drug-likeness (QED) is 0.805. The van der Waals surface area contributed by atoms with Crippen molar-refractivity contribution in [2.45, 2.75) is 19.4 Å². The van der Waals surface area contributed by atoms with E-state index in [0.29, 0.717) is 18.8 Å². The van der Waals surface area contributed by atoms with E-state index in [0.717, 1.165) is 19.2 Å². The number of carbonyl (C=O) groups is 1. The fourth-order valence-electron chi connectivity index (χ4n) is 2.10. The normalized spacial score (nSPS) is 23.2. The molecule has 1 aliphatic heterocycles. The lowest BCUT2D eigenvalue weighted by atomic mass is 9.94. The highest BCUT2D eigenvalue weighted by molar-refractivity contribution is 5.98. The number of ether oxygens (including phenoxy) is 1. The Balaban J connectivity index is 2.08. The van der Waals surface area contributed by atoms with Crippen LogP contribution in [0.5, 0.6) is 0 Å². The van der Waals surface area contributed by atoms with Gasteiger partial charge in [-0.1, -0.05) is 6.92 Å². The zero-order valence-electron chi connectivity index (χ0n) is 10.4. The van der Waals surface area contributed by atoms with Gasteiger partial charge in [-0.3, -0.25) is 9.78 Å². The van der Waals surface area contributed by atoms with Crippen LogP contribution in [-0.2, 0) is 4.74 Å². The minimum atomic E-state index is -0.488. The Morgan fingerprint density at radius 2 is 2.39 bits per heavy atom. The van der Waals surface area contributed by atoms with E-state index in [1.54, 1.807) is 0 Å². The lowest BCUT2D eigenvalue weighted by Gasteiger charge is -2.17. The van der Waals surface area contributed by atoms with Crippen molar-refractivity contribution in [3.8, 4) is 0 Å². The van der Waals surface area contributed by atoms with Gasteiger partial charge in [-0.05, 0) is 19.0 Å². The summed E-state index contributed by atoms with van der Waals surface area (Å²) in [7, 11) is 0. The van der Waals surface area contributed by atoms with Crippen LogP contribution in [0.1, 0.15) is 23.7 Å². The average molecular weight is 252 g/mol. The summed E-state index contributed by atoms with van der Waals surface area (Å²) < 4.78 is 18.4. The standard InChI is InChI=1S/C13H17FN2O2/c1-2-3-16-12-8-18-7-11(12)13(17)9-4-10(14)6-15-5-9/h4-6,11-12,16H,2-3,7-8H2,1H3. The molecule has 5 heteroatoms. The highest BCUT2D eigenvalue weighted by Gasteiger charge is 2.34. The molecular formula is C13H17FN2O2. The summed E-state index contributed by atoms with van der Waals surface area (Å²) in [5.41, 5.74) is 0.314. The van der Waals surface area contributed by atoms with E-state index in [9.17, 15) is 9.18 Å². The second-order valence-corrected chi connectivity index (χ2v) is 4.46. The summed E-state index contributed by atoms with van der Waals surface area (Å²) >= 11 is 0. The molecule has 0 saturated carbocycles. The predicted molar refractivity (Wildman–Crippen MR) is 64.9 cm³/mol. The first-order valence-corrected chi connectivity index (χ1v) is 6.18. The number of pyridine rings is 1. The number of halogens is 1. The van der Waals surface area contributed by atoms with Crippen LogP contribution in [0.15, 0.2) is 18.5 Å². The number of Topliss-reactive ketones (excluding diaryl/α,β-unsaturated/α-hetero) is 1. The Labute approximate surface area is 106 Å². The summed E-state index contributed by atoms with van der Waals surface area (Å²) in [6, 6.07) is 1.24. The molecule has 0 bridgehead atoms. The Morgan fingerprint density at radius 1 is 1.56 bits per heavy atom. The molecule has 1 fully saturated rings. The van der Waals surface area contributed by atoms with Gasteiger partial charge in [-0.15, -0.1) is 0 Å². The van der Waals surface area contributed by atoms with Crippen molar-refractivity contribution in [2.24, 2.45) is 5.92 Å². The molecule has 1 aromatic heterocycles. The third-order valence-electron chi connectivity index (χ3n) is 3.06. The number of ketones is 1. The summed E-state index contributed by atoms with van der Waals surface area (Å²) in [5.74, 6) is -0.842. The molecule has 2 unspecified atom stereocenters. The molecule has 2 atom stereocenters. The monoisotopic (exact) mass is 252 g/mol. The molecule has 1 aromatic rings. The lowest BCUT2D eigenvalue weighted by Crippen LogP contribution is -2.39. The van der Waals surface area contributed by atoms with Crippen molar-refractivity contribution in [3.05, 3.63) is 29.8 Å². The van der Waals surface area contributed by atoms with Crippen LogP contribution in [0.4, 0.5) is 4.39 Å². The van der Waals surface area contributed by atoms with Crippen LogP contribution in [-0.4, -0.2) is 36.6 Å². The minimum Gasteiger partial charge on any atom is -0.379 e. The first-order chi connectivity index (χ1) is 8.72. The maximum absolute atomic E-state index is 13.1. The molecule has 0 aliphatic carbocycles. The van der Waals surface area contributed by atoms with Crippen molar-refractivity contribution in [1.29, 1.82) is 0 Å². The van der Waals surface area contributed by atoms with Crippen molar-refractivity contribution < 1.29 is 13.9 Å². The Bertz CT molecular complexity index is 425. The summed E-state index contributed by atoms with van der Waals surface area (Å²) in [5, 5.41) is 3.29. The molecule has 4 nitrogen and oxygen atoms in total. The number of carbonyl (C=O) groups excluding carboxylic acids is 1. The average Bonchev–Trinajstić information content (AvgIpc) is 2.83. The smallest absolute Gasteiger partial charge is 0.171 e. The van der Waals surface area contributed by atoms with Crippen molar-refractivity contribution in [2.75, 3.05) is 19.8 Å². The van der Waals surface area contributed by atoms with E-state index >= 15 is 0 Å². The van der Waals surface area contributed by atoms with Gasteiger partial charge >= 0.3 is 0 Å². The molecule has 2 heterocycles. The van der Waals surface area contributed by atoms with E-state index in [1.807, 2.05) is 0 Å². The molecule has 18 heavy (non-hydrogen) atoms. The summed E-state index contributed by atoms with van der Waals surface area (Å²) in [6.07, 6.45) is 3.49. The molecule has 0 amide bonds. The number of rotatable bonds is 5. The molecule has 1 aliphatic rings. The van der Waals surface area contributed by atoms with E-state index in [2.05, 4.69) is 17.2 Å². The number of hydrogen-bond acceptors (Lipinski definition) is 4. The van der Waals surface area contributed by atoms with E-state index < -0.39 is 5.82 Å². The zero-order chi connectivity index (χ0) is 13.0. The third kappa shape index (κ3) is 2.91. The van der Waals surface area contributed by atoms with Gasteiger partial charge in [0.25, 0.3) is 0 Å². The largest absolute Gasteiger partial charge is 0.379 e. The number of aromatic nitrogens is 1. The molecular weight excluding hydrogens is 235 g/mol. The van der Waals surface area contributed by atoms with E-state index in [1.165, 1.54) is 12.3 Å². The lowest BCUT2D eigenvalue weighted by molar-refractivity contribution is 0.0890. The van der Waals surface area contributed by atoms with Gasteiger partial charge < -0.3 is 10.1 Å². The summed E-state index contributed by atoms with van der Waals surface area (Å²) in [4.78, 5) is 16.0. The predicted octanol–water partition coefficient (Wildman–Crippen LogP) is 1.42. The van der Waals surface area contributed by atoms with Crippen LogP contribution in [0.2, 0.25) is 0 Å². The van der Waals surface area contributed by atoms with Gasteiger partial charge in [0.05, 0.1) is 25.3 Å². The van der Waals surface area contributed by atoms with Crippen LogP contribution >= 0.6 is 0 Å². The van der Waals surface area contributed by atoms with Gasteiger partial charge in [0, 0.05) is 17.8 Å². The summed E-state index contributed by atoms with van der Waals surface area (Å²) in [6.45, 7) is 3.82. The van der Waals surface area contributed by atoms with Gasteiger partial charge in [0.1, 0.15) is 5.82 Å². The zero-order valence-corrected chi connectivity index (χ0v) is 10.4. The first-order valence-electron chi connectivity index (χ1n) is 6.18. The van der Waals surface area contributed by atoms with E-state index in [4.69, 9.17) is 4.74 Å². The second-order valence-electron chi connectivity index (χ2n) is 4.46. The molecule has 0 aromatic carbocycles. The molecule has 0 radical (unpaired) electrons. The number of nitrogens with zero attached hydrogens (tertiary/aromatic N) is 1. The molecule has 2 rings (SSSR count). The van der Waals surface area contributed by atoms with Crippen LogP contribution < -0.4 is 5.32 Å². The minimum absolute atomic E-state index is 0.0146. The molecule has 1 N–H and O–H groups in total. The maximum Gasteiger partial charge on any atom is 0.171 e. The third-order valence-corrected chi connectivity index (χ3v) is 3.06. The highest BCUT2D eigenvalue weighted by atomic mass is 19.1. The van der Waals surface area contributed by atoms with Gasteiger partial charge in [-0.25, -0.2) is 4.39 Å². The van der Waals surface area contributed by atoms with Crippen LogP contribution in [0, 0.1) is 11.7 Å². The van der Waals surface area contributed by atoms with Gasteiger partial charge in [-0.2, -0.15) is 0 Å². The van der Waals surface area contributed by atoms with Crippen LogP contribution in [0.3, 0.4) is 0 Å². The Morgan fingerprint density at radius 3 is 3.11 bits per heavy atom. The van der Waals surface area contributed by atoms with Crippen LogP contribution in [0.25, 0.3) is 0 Å². The Hall–Kier alpha value is -1.33.